The fourth-order valence-electron chi connectivity index (χ4n) is 3.16. The van der Waals surface area contributed by atoms with Crippen LogP contribution in [0.15, 0.2) is 24.3 Å². The average Bonchev–Trinajstić information content (AvgIpc) is 3.15. The second-order valence-electron chi connectivity index (χ2n) is 6.41. The molecule has 0 spiro atoms. The first-order valence-electron chi connectivity index (χ1n) is 8.71. The predicted molar refractivity (Wildman–Crippen MR) is 92.4 cm³/mol. The molecule has 7 nitrogen and oxygen atoms in total. The molecule has 7 heteroatoms. The molecule has 2 aliphatic heterocycles. The van der Waals surface area contributed by atoms with Crippen LogP contribution in [0, 0.1) is 0 Å². The molecule has 0 aliphatic carbocycles. The fraction of sp³-hybridized carbons (Fsp3) is 0.556. The summed E-state index contributed by atoms with van der Waals surface area (Å²) in [5.74, 6) is 0.735. The van der Waals surface area contributed by atoms with E-state index in [9.17, 15) is 9.59 Å². The molecule has 2 fully saturated rings. The second kappa shape index (κ2) is 8.20. The van der Waals surface area contributed by atoms with Gasteiger partial charge in [-0.25, -0.2) is 4.79 Å². The van der Waals surface area contributed by atoms with Crippen molar-refractivity contribution in [1.82, 2.24) is 15.1 Å². The van der Waals surface area contributed by atoms with Crippen molar-refractivity contribution in [2.45, 2.75) is 25.5 Å². The highest BCUT2D eigenvalue weighted by Crippen LogP contribution is 2.16. The van der Waals surface area contributed by atoms with Crippen LogP contribution in [0.5, 0.6) is 5.75 Å². The van der Waals surface area contributed by atoms with Crippen molar-refractivity contribution < 1.29 is 19.1 Å². The molecule has 3 amide bonds. The van der Waals surface area contributed by atoms with Gasteiger partial charge in [-0.05, 0) is 30.5 Å². The van der Waals surface area contributed by atoms with E-state index in [1.165, 1.54) is 0 Å². The van der Waals surface area contributed by atoms with E-state index in [0.29, 0.717) is 26.2 Å². The first-order chi connectivity index (χ1) is 12.2. The molecule has 0 saturated carbocycles. The normalized spacial score (nSPS) is 20.7. The zero-order valence-electron chi connectivity index (χ0n) is 14.6. The minimum Gasteiger partial charge on any atom is -0.497 e. The van der Waals surface area contributed by atoms with Crippen LogP contribution in [0.2, 0.25) is 0 Å². The van der Waals surface area contributed by atoms with Gasteiger partial charge in [0.15, 0.2) is 0 Å². The van der Waals surface area contributed by atoms with E-state index in [0.717, 1.165) is 30.8 Å². The number of hydrogen-bond acceptors (Lipinski definition) is 4. The average molecular weight is 347 g/mol. The van der Waals surface area contributed by atoms with Gasteiger partial charge in [-0.2, -0.15) is 0 Å². The zero-order chi connectivity index (χ0) is 17.6. The number of piperazine rings is 1. The smallest absolute Gasteiger partial charge is 0.318 e. The van der Waals surface area contributed by atoms with E-state index < -0.39 is 0 Å². The van der Waals surface area contributed by atoms with Gasteiger partial charge >= 0.3 is 6.03 Å². The highest BCUT2D eigenvalue weighted by atomic mass is 16.5. The van der Waals surface area contributed by atoms with Crippen LogP contribution >= 0.6 is 0 Å². The van der Waals surface area contributed by atoms with Gasteiger partial charge in [0, 0.05) is 32.8 Å². The number of benzene rings is 1. The molecule has 0 aromatic heterocycles. The summed E-state index contributed by atoms with van der Waals surface area (Å²) in [6, 6.07) is 7.49. The summed E-state index contributed by atoms with van der Waals surface area (Å²) in [5.41, 5.74) is 1.02. The number of nitrogens with one attached hydrogen (secondary N) is 1. The minimum atomic E-state index is -0.190. The summed E-state index contributed by atoms with van der Waals surface area (Å²) >= 11 is 0. The number of ether oxygens (including phenoxy) is 2. The van der Waals surface area contributed by atoms with Crippen LogP contribution in [0.3, 0.4) is 0 Å². The number of methoxy groups -OCH3 is 1. The third kappa shape index (κ3) is 4.63. The Morgan fingerprint density at radius 3 is 3.00 bits per heavy atom. The maximum atomic E-state index is 12.4. The Kier molecular flexibility index (Phi) is 5.75. The molecule has 0 bridgehead atoms. The maximum Gasteiger partial charge on any atom is 0.318 e. The maximum absolute atomic E-state index is 12.4. The molecule has 3 rings (SSSR count). The summed E-state index contributed by atoms with van der Waals surface area (Å²) in [6.07, 6.45) is 2.13. The molecule has 0 unspecified atom stereocenters. The van der Waals surface area contributed by atoms with Gasteiger partial charge in [0.1, 0.15) is 12.3 Å². The van der Waals surface area contributed by atoms with E-state index in [4.69, 9.17) is 9.47 Å². The molecule has 136 valence electrons. The fourth-order valence-corrected chi connectivity index (χ4v) is 3.16. The van der Waals surface area contributed by atoms with Gasteiger partial charge in [-0.3, -0.25) is 4.79 Å². The molecule has 0 radical (unpaired) electrons. The van der Waals surface area contributed by atoms with Gasteiger partial charge in [0.05, 0.1) is 13.2 Å². The van der Waals surface area contributed by atoms with Gasteiger partial charge in [-0.15, -0.1) is 0 Å². The summed E-state index contributed by atoms with van der Waals surface area (Å²) in [7, 11) is 1.62. The molecule has 2 saturated heterocycles. The Morgan fingerprint density at radius 1 is 1.40 bits per heavy atom. The van der Waals surface area contributed by atoms with Crippen molar-refractivity contribution in [3.8, 4) is 5.75 Å². The van der Waals surface area contributed by atoms with E-state index >= 15 is 0 Å². The van der Waals surface area contributed by atoms with E-state index in [-0.39, 0.29) is 24.6 Å². The van der Waals surface area contributed by atoms with Crippen LogP contribution in [-0.2, 0) is 16.1 Å². The molecular weight excluding hydrogens is 322 g/mol. The van der Waals surface area contributed by atoms with Crippen LogP contribution in [0.25, 0.3) is 0 Å². The third-order valence-corrected chi connectivity index (χ3v) is 4.62. The highest BCUT2D eigenvalue weighted by molar-refractivity contribution is 5.85. The summed E-state index contributed by atoms with van der Waals surface area (Å²) in [4.78, 5) is 27.9. The highest BCUT2D eigenvalue weighted by Gasteiger charge is 2.27. The van der Waals surface area contributed by atoms with Crippen LogP contribution in [0.4, 0.5) is 4.79 Å². The molecular formula is C18H25N3O4. The van der Waals surface area contributed by atoms with E-state index in [1.54, 1.807) is 16.9 Å². The van der Waals surface area contributed by atoms with Gasteiger partial charge in [-0.1, -0.05) is 12.1 Å². The zero-order valence-corrected chi connectivity index (χ0v) is 14.6. The molecule has 2 heterocycles. The molecule has 25 heavy (non-hydrogen) atoms. The molecule has 1 aromatic carbocycles. The van der Waals surface area contributed by atoms with Crippen molar-refractivity contribution in [2.75, 3.05) is 39.9 Å². The Bertz CT molecular complexity index is 616. The lowest BCUT2D eigenvalue weighted by Crippen LogP contribution is -2.54. The molecule has 1 N–H and O–H groups in total. The minimum absolute atomic E-state index is 0.0404. The Labute approximate surface area is 147 Å². The van der Waals surface area contributed by atoms with Crippen LogP contribution in [-0.4, -0.2) is 67.7 Å². The van der Waals surface area contributed by atoms with E-state index in [1.807, 2.05) is 24.3 Å². The van der Waals surface area contributed by atoms with Crippen molar-refractivity contribution in [2.24, 2.45) is 0 Å². The monoisotopic (exact) mass is 347 g/mol. The lowest BCUT2D eigenvalue weighted by Gasteiger charge is -2.34. The van der Waals surface area contributed by atoms with Crippen LogP contribution < -0.4 is 10.1 Å². The summed E-state index contributed by atoms with van der Waals surface area (Å²) < 4.78 is 10.7. The first kappa shape index (κ1) is 17.5. The lowest BCUT2D eigenvalue weighted by atomic mass is 10.2. The van der Waals surface area contributed by atoms with Gasteiger partial charge in [0.2, 0.25) is 5.91 Å². The number of carbonyl (C=O) groups is 2. The van der Waals surface area contributed by atoms with Crippen molar-refractivity contribution in [1.29, 1.82) is 0 Å². The standard InChI is InChI=1S/C18H25N3O4/c1-24-15-5-2-4-14(10-15)12-20-7-8-21(13-17(20)22)18(23)19-11-16-6-3-9-25-16/h2,4-5,10,16H,3,6-9,11-13H2,1H3,(H,19,23)/t16-/m1/s1. The SMILES string of the molecule is COc1cccc(CN2CCN(C(=O)NC[C@H]3CCCO3)CC2=O)c1. The number of carbonyl (C=O) groups excluding carboxylic acids is 2. The largest absolute Gasteiger partial charge is 0.497 e. The van der Waals surface area contributed by atoms with Crippen molar-refractivity contribution in [3.63, 3.8) is 0 Å². The Morgan fingerprint density at radius 2 is 2.28 bits per heavy atom. The number of amides is 3. The predicted octanol–water partition coefficient (Wildman–Crippen LogP) is 1.23. The molecule has 2 aliphatic rings. The first-order valence-corrected chi connectivity index (χ1v) is 8.71. The summed E-state index contributed by atoms with van der Waals surface area (Å²) in [6.45, 7) is 2.98. The van der Waals surface area contributed by atoms with E-state index in [2.05, 4.69) is 5.32 Å². The number of rotatable bonds is 5. The number of urea groups is 1. The topological polar surface area (TPSA) is 71.1 Å². The van der Waals surface area contributed by atoms with Crippen molar-refractivity contribution >= 4 is 11.9 Å². The Hall–Kier alpha value is -2.28. The second-order valence-corrected chi connectivity index (χ2v) is 6.41. The Balaban J connectivity index is 1.48. The third-order valence-electron chi connectivity index (χ3n) is 4.62. The number of nitrogens with zero attached hydrogens (tertiary/aromatic N) is 2. The van der Waals surface area contributed by atoms with Crippen LogP contribution in [0.1, 0.15) is 18.4 Å². The molecule has 1 aromatic rings. The number of hydrogen-bond donors (Lipinski definition) is 1. The summed E-state index contributed by atoms with van der Waals surface area (Å²) in [5, 5.41) is 2.87. The molecule has 1 atom stereocenters. The van der Waals surface area contributed by atoms with Gasteiger partial charge < -0.3 is 24.6 Å². The van der Waals surface area contributed by atoms with Crippen molar-refractivity contribution in [3.05, 3.63) is 29.8 Å². The van der Waals surface area contributed by atoms with Gasteiger partial charge in [0.25, 0.3) is 0 Å². The lowest BCUT2D eigenvalue weighted by molar-refractivity contribution is -0.135. The quantitative estimate of drug-likeness (QED) is 0.870.